The molecule has 0 aromatic heterocycles. The summed E-state index contributed by atoms with van der Waals surface area (Å²) >= 11 is 0. The summed E-state index contributed by atoms with van der Waals surface area (Å²) in [4.78, 5) is 71.8. The molecule has 0 bridgehead atoms. The van der Waals surface area contributed by atoms with Gasteiger partial charge in [-0.3, -0.25) is 24.0 Å². The van der Waals surface area contributed by atoms with E-state index in [0.29, 0.717) is 0 Å². The van der Waals surface area contributed by atoms with Crippen molar-refractivity contribution in [2.75, 3.05) is 6.61 Å². The minimum absolute atomic E-state index is 0.0570. The molecule has 0 fully saturated rings. The Balaban J connectivity index is 5.45. The summed E-state index contributed by atoms with van der Waals surface area (Å²) in [6.07, 6.45) is -0.155. The largest absolute Gasteiger partial charge is 0.480 e. The predicted octanol–water partition coefficient (Wildman–Crippen LogP) is -2.01. The summed E-state index contributed by atoms with van der Waals surface area (Å²) in [7, 11) is 0. The summed E-state index contributed by atoms with van der Waals surface area (Å²) in [5, 5.41) is 28.4. The molecule has 8 N–H and O–H groups in total. The Morgan fingerprint density at radius 1 is 0.794 bits per heavy atom. The van der Waals surface area contributed by atoms with Gasteiger partial charge in [0, 0.05) is 13.3 Å². The summed E-state index contributed by atoms with van der Waals surface area (Å²) < 4.78 is 0. The van der Waals surface area contributed by atoms with Crippen LogP contribution in [-0.4, -0.2) is 76.5 Å². The van der Waals surface area contributed by atoms with Crippen LogP contribution in [0.3, 0.4) is 0 Å². The quantitative estimate of drug-likeness (QED) is 0.136. The fourth-order valence-electron chi connectivity index (χ4n) is 3.01. The second kappa shape index (κ2) is 14.8. The minimum atomic E-state index is -1.47. The molecule has 0 spiro atoms. The van der Waals surface area contributed by atoms with Crippen LogP contribution in [0, 0.1) is 11.8 Å². The van der Waals surface area contributed by atoms with E-state index in [4.69, 9.17) is 5.73 Å². The van der Waals surface area contributed by atoms with Crippen molar-refractivity contribution in [2.24, 2.45) is 17.6 Å². The zero-order valence-electron chi connectivity index (χ0n) is 20.2. The first-order valence-corrected chi connectivity index (χ1v) is 11.0. The first-order chi connectivity index (χ1) is 15.7. The molecule has 0 aromatic carbocycles. The Bertz CT molecular complexity index is 755. The first-order valence-electron chi connectivity index (χ1n) is 11.0. The Kier molecular flexibility index (Phi) is 13.4. The molecule has 0 radical (unpaired) electrons. The fraction of sp³-hybridized carbons (Fsp3) is 0.714. The number of hydrogen-bond donors (Lipinski definition) is 7. The molecule has 4 atom stereocenters. The van der Waals surface area contributed by atoms with E-state index in [1.807, 2.05) is 0 Å². The molecule has 0 rings (SSSR count). The van der Waals surface area contributed by atoms with Crippen molar-refractivity contribution < 1.29 is 39.0 Å². The number of hydrogen-bond acceptors (Lipinski definition) is 7. The highest BCUT2D eigenvalue weighted by atomic mass is 16.4. The Morgan fingerprint density at radius 3 is 1.71 bits per heavy atom. The van der Waals surface area contributed by atoms with Crippen molar-refractivity contribution in [1.82, 2.24) is 21.3 Å². The molecule has 194 valence electrons. The number of carboxylic acids is 1. The van der Waals surface area contributed by atoms with Crippen molar-refractivity contribution in [3.05, 3.63) is 0 Å². The molecule has 0 heterocycles. The van der Waals surface area contributed by atoms with Crippen LogP contribution in [0.4, 0.5) is 0 Å². The average molecular weight is 488 g/mol. The fourth-order valence-corrected chi connectivity index (χ4v) is 3.01. The maximum atomic E-state index is 12.7. The monoisotopic (exact) mass is 487 g/mol. The third-order valence-corrected chi connectivity index (χ3v) is 4.76. The number of aliphatic hydroxyl groups is 1. The van der Waals surface area contributed by atoms with E-state index in [1.54, 1.807) is 27.7 Å². The van der Waals surface area contributed by atoms with Crippen LogP contribution in [0.2, 0.25) is 0 Å². The van der Waals surface area contributed by atoms with Gasteiger partial charge in [-0.1, -0.05) is 27.7 Å². The van der Waals surface area contributed by atoms with Crippen LogP contribution in [0.15, 0.2) is 0 Å². The number of primary amides is 1. The summed E-state index contributed by atoms with van der Waals surface area (Å²) in [6, 6.07) is -4.94. The lowest BCUT2D eigenvalue weighted by molar-refractivity contribution is -0.143. The summed E-state index contributed by atoms with van der Waals surface area (Å²) in [5.74, 6) is -5.37. The van der Waals surface area contributed by atoms with Crippen molar-refractivity contribution in [3.8, 4) is 0 Å². The van der Waals surface area contributed by atoms with Crippen molar-refractivity contribution in [1.29, 1.82) is 0 Å². The third kappa shape index (κ3) is 11.6. The Hall–Kier alpha value is -3.22. The molecule has 0 saturated carbocycles. The predicted molar refractivity (Wildman–Crippen MR) is 121 cm³/mol. The van der Waals surface area contributed by atoms with E-state index >= 15 is 0 Å². The number of carbonyl (C=O) groups is 6. The summed E-state index contributed by atoms with van der Waals surface area (Å²) in [6.45, 7) is 7.18. The topological polar surface area (TPSA) is 217 Å². The zero-order valence-corrected chi connectivity index (χ0v) is 20.2. The van der Waals surface area contributed by atoms with Gasteiger partial charge >= 0.3 is 5.97 Å². The third-order valence-electron chi connectivity index (χ3n) is 4.76. The molecule has 13 heteroatoms. The molecule has 0 unspecified atom stereocenters. The highest BCUT2D eigenvalue weighted by Gasteiger charge is 2.32. The van der Waals surface area contributed by atoms with Gasteiger partial charge in [-0.2, -0.15) is 0 Å². The maximum Gasteiger partial charge on any atom is 0.326 e. The van der Waals surface area contributed by atoms with Crippen LogP contribution >= 0.6 is 0 Å². The normalized spacial score (nSPS) is 14.5. The van der Waals surface area contributed by atoms with E-state index in [2.05, 4.69) is 21.3 Å². The zero-order chi connectivity index (χ0) is 26.6. The van der Waals surface area contributed by atoms with Gasteiger partial charge in [-0.05, 0) is 24.7 Å². The van der Waals surface area contributed by atoms with Gasteiger partial charge in [0.25, 0.3) is 0 Å². The van der Waals surface area contributed by atoms with Gasteiger partial charge < -0.3 is 37.2 Å². The molecule has 0 aliphatic carbocycles. The van der Waals surface area contributed by atoms with E-state index in [-0.39, 0.29) is 25.2 Å². The molecule has 0 saturated heterocycles. The van der Waals surface area contributed by atoms with E-state index in [0.717, 1.165) is 6.92 Å². The number of amides is 5. The number of aliphatic hydroxyl groups excluding tert-OH is 1. The van der Waals surface area contributed by atoms with Crippen molar-refractivity contribution >= 4 is 35.5 Å². The number of carboxylic acid groups (broad SMARTS) is 1. The van der Waals surface area contributed by atoms with Crippen LogP contribution in [0.25, 0.3) is 0 Å². The number of nitrogens with two attached hydrogens (primary N) is 1. The Morgan fingerprint density at radius 2 is 1.29 bits per heavy atom. The molecular weight excluding hydrogens is 450 g/mol. The van der Waals surface area contributed by atoms with E-state index in [1.165, 1.54) is 0 Å². The van der Waals surface area contributed by atoms with Crippen LogP contribution < -0.4 is 27.0 Å². The SMILES string of the molecule is CC(=O)N[C@@H](CCC(N)=O)C(=O)N[C@@H](CO)C(=O)N[C@@H](CC(C)C)C(=O)N[C@H](C(=O)O)C(C)C. The van der Waals surface area contributed by atoms with Gasteiger partial charge in [-0.25, -0.2) is 4.79 Å². The average Bonchev–Trinajstić information content (AvgIpc) is 2.70. The van der Waals surface area contributed by atoms with E-state index in [9.17, 15) is 39.0 Å². The van der Waals surface area contributed by atoms with Crippen molar-refractivity contribution in [2.45, 2.75) is 78.0 Å². The van der Waals surface area contributed by atoms with Gasteiger partial charge in [0.2, 0.25) is 29.5 Å². The molecule has 0 aromatic rings. The lowest BCUT2D eigenvalue weighted by Gasteiger charge is -2.26. The molecular formula is C21H37N5O8. The molecule has 0 aliphatic heterocycles. The molecule has 5 amide bonds. The van der Waals surface area contributed by atoms with Crippen LogP contribution in [0.1, 0.15) is 53.9 Å². The highest BCUT2D eigenvalue weighted by molar-refractivity contribution is 5.95. The minimum Gasteiger partial charge on any atom is -0.480 e. The van der Waals surface area contributed by atoms with Gasteiger partial charge in [0.05, 0.1) is 6.61 Å². The lowest BCUT2D eigenvalue weighted by Crippen LogP contribution is -2.59. The van der Waals surface area contributed by atoms with Gasteiger partial charge in [0.1, 0.15) is 24.2 Å². The van der Waals surface area contributed by atoms with Crippen molar-refractivity contribution in [3.63, 3.8) is 0 Å². The first kappa shape index (κ1) is 30.8. The number of nitrogens with one attached hydrogen (secondary N) is 4. The molecule has 13 nitrogen and oxygen atoms in total. The number of rotatable bonds is 15. The van der Waals surface area contributed by atoms with Gasteiger partial charge in [0.15, 0.2) is 0 Å². The molecule has 0 aliphatic rings. The Labute approximate surface area is 198 Å². The highest BCUT2D eigenvalue weighted by Crippen LogP contribution is 2.08. The van der Waals surface area contributed by atoms with E-state index < -0.39 is 72.2 Å². The van der Waals surface area contributed by atoms with Crippen LogP contribution in [0.5, 0.6) is 0 Å². The second-order valence-corrected chi connectivity index (χ2v) is 8.76. The second-order valence-electron chi connectivity index (χ2n) is 8.76. The maximum absolute atomic E-state index is 12.7. The molecule has 34 heavy (non-hydrogen) atoms. The summed E-state index contributed by atoms with van der Waals surface area (Å²) in [5.41, 5.74) is 5.08. The lowest BCUT2D eigenvalue weighted by atomic mass is 10.00. The number of aliphatic carboxylic acids is 1. The smallest absolute Gasteiger partial charge is 0.326 e. The number of carbonyl (C=O) groups excluding carboxylic acids is 5. The van der Waals surface area contributed by atoms with Gasteiger partial charge in [-0.15, -0.1) is 0 Å². The van der Waals surface area contributed by atoms with Crippen LogP contribution in [-0.2, 0) is 28.8 Å². The standard InChI is InChI=1S/C21H37N5O8/c1-10(2)8-14(19(31)26-17(11(3)4)21(33)34)24-20(32)15(9-27)25-18(30)13(23-12(5)28)6-7-16(22)29/h10-11,13-15,17,27H,6-9H2,1-5H3,(H2,22,29)(H,23,28)(H,24,32)(H,25,30)(H,26,31)(H,33,34)/t13-,14-,15-,17-/m0/s1.